The van der Waals surface area contributed by atoms with Crippen molar-refractivity contribution in [3.63, 3.8) is 0 Å². The summed E-state index contributed by atoms with van der Waals surface area (Å²) in [5, 5.41) is 9.76. The van der Waals surface area contributed by atoms with E-state index >= 15 is 0 Å². The molecule has 24 heavy (non-hydrogen) atoms. The Morgan fingerprint density at radius 3 is 2.88 bits per heavy atom. The number of phenols is 1. The summed E-state index contributed by atoms with van der Waals surface area (Å²) in [5.41, 5.74) is 1.16. The SMILES string of the molecule is CC[n+]1c(/C=C/c2ccc(-c3ccc[se]3)s2)[se]c2ccc(O)cc21. The number of aromatic hydroxyl groups is 1. The second kappa shape index (κ2) is 6.87. The average Bonchev–Trinajstić information content (AvgIpc) is 3.31. The van der Waals surface area contributed by atoms with Crippen molar-refractivity contribution in [2.24, 2.45) is 0 Å². The summed E-state index contributed by atoms with van der Waals surface area (Å²) in [7, 11) is 0. The van der Waals surface area contributed by atoms with Gasteiger partial charge in [0.25, 0.3) is 0 Å². The van der Waals surface area contributed by atoms with Crippen molar-refractivity contribution in [3.8, 4) is 15.1 Å². The minimum atomic E-state index is 0.302. The first-order chi connectivity index (χ1) is 11.7. The Balaban J connectivity index is 1.67. The molecule has 4 rings (SSSR count). The number of benzene rings is 1. The van der Waals surface area contributed by atoms with Gasteiger partial charge in [0.05, 0.1) is 0 Å². The molecule has 0 saturated heterocycles. The zero-order chi connectivity index (χ0) is 16.5. The summed E-state index contributed by atoms with van der Waals surface area (Å²) in [6.45, 7) is 3.09. The molecule has 0 atom stereocenters. The van der Waals surface area contributed by atoms with Crippen LogP contribution in [0.5, 0.6) is 5.75 Å². The Kier molecular flexibility index (Phi) is 4.62. The Morgan fingerprint density at radius 1 is 1.17 bits per heavy atom. The normalized spacial score (nSPS) is 11.7. The van der Waals surface area contributed by atoms with E-state index in [4.69, 9.17) is 0 Å². The molecule has 4 aromatic rings. The quantitative estimate of drug-likeness (QED) is 0.360. The van der Waals surface area contributed by atoms with Gasteiger partial charge in [-0.05, 0) is 0 Å². The fourth-order valence-electron chi connectivity index (χ4n) is 2.69. The number of rotatable bonds is 4. The van der Waals surface area contributed by atoms with Gasteiger partial charge in [-0.1, -0.05) is 0 Å². The van der Waals surface area contributed by atoms with E-state index in [0.717, 1.165) is 12.1 Å². The van der Waals surface area contributed by atoms with E-state index < -0.39 is 0 Å². The van der Waals surface area contributed by atoms with E-state index in [0.29, 0.717) is 34.8 Å². The van der Waals surface area contributed by atoms with Gasteiger partial charge >= 0.3 is 157 Å². The number of aromatic nitrogens is 1. The molecule has 5 heteroatoms. The monoisotopic (exact) mass is 466 g/mol. The van der Waals surface area contributed by atoms with Gasteiger partial charge in [-0.2, -0.15) is 0 Å². The van der Waals surface area contributed by atoms with Crippen molar-refractivity contribution in [1.82, 2.24) is 0 Å². The van der Waals surface area contributed by atoms with Crippen LogP contribution in [0.2, 0.25) is 0 Å². The average molecular weight is 464 g/mol. The molecule has 0 aliphatic carbocycles. The summed E-state index contributed by atoms with van der Waals surface area (Å²) < 4.78 is 6.49. The number of fused-ring (bicyclic) bond motifs is 1. The zero-order valence-electron chi connectivity index (χ0n) is 13.1. The van der Waals surface area contributed by atoms with Crippen LogP contribution >= 0.6 is 11.3 Å². The molecule has 0 bridgehead atoms. The Hall–Kier alpha value is -1.35. The van der Waals surface area contributed by atoms with Crippen molar-refractivity contribution >= 4 is 62.3 Å². The second-order valence-corrected chi connectivity index (χ2v) is 10.7. The van der Waals surface area contributed by atoms with Crippen molar-refractivity contribution in [1.29, 1.82) is 0 Å². The van der Waals surface area contributed by atoms with Gasteiger partial charge in [0.15, 0.2) is 0 Å². The van der Waals surface area contributed by atoms with Crippen molar-refractivity contribution in [2.75, 3.05) is 0 Å². The number of hydrogen-bond acceptors (Lipinski definition) is 2. The number of thiophene rings is 1. The standard InChI is InChI=1S/C19H15NOSSe2/c1-2-20-15-12-13(21)5-9-17(15)24-19(20)10-7-14-6-8-16(22-14)18-4-3-11-23-18/h3-12H,2H2,1H3/p+1/b10-7+. The molecule has 0 aliphatic rings. The maximum absolute atomic E-state index is 9.76. The van der Waals surface area contributed by atoms with Gasteiger partial charge in [0.2, 0.25) is 0 Å². The Morgan fingerprint density at radius 2 is 2.08 bits per heavy atom. The second-order valence-electron chi connectivity index (χ2n) is 5.35. The first kappa shape index (κ1) is 16.1. The topological polar surface area (TPSA) is 24.1 Å². The molecule has 2 nitrogen and oxygen atoms in total. The van der Waals surface area contributed by atoms with Crippen LogP contribution in [0.3, 0.4) is 0 Å². The molecule has 0 amide bonds. The van der Waals surface area contributed by atoms with E-state index in [2.05, 4.69) is 58.9 Å². The van der Waals surface area contributed by atoms with E-state index in [9.17, 15) is 5.11 Å². The third-order valence-corrected chi connectivity index (χ3v) is 9.45. The van der Waals surface area contributed by atoms with E-state index in [-0.39, 0.29) is 0 Å². The molecular weight excluding hydrogens is 448 g/mol. The van der Waals surface area contributed by atoms with Gasteiger partial charge in [0, 0.05) is 0 Å². The Labute approximate surface area is 156 Å². The molecule has 3 aromatic heterocycles. The molecule has 3 heterocycles. The molecule has 1 aromatic carbocycles. The van der Waals surface area contributed by atoms with Crippen LogP contribution in [0, 0.1) is 0 Å². The predicted molar refractivity (Wildman–Crippen MR) is 104 cm³/mol. The molecular formula is C19H16NOSSe2+. The number of nitrogens with zero attached hydrogens (tertiary/aromatic N) is 1. The number of phenolic OH excluding ortho intramolecular Hbond substituents is 1. The van der Waals surface area contributed by atoms with Gasteiger partial charge in [0.1, 0.15) is 0 Å². The van der Waals surface area contributed by atoms with Crippen LogP contribution in [-0.4, -0.2) is 34.1 Å². The van der Waals surface area contributed by atoms with Crippen molar-refractivity contribution < 1.29 is 9.67 Å². The van der Waals surface area contributed by atoms with Gasteiger partial charge < -0.3 is 0 Å². The number of aryl methyl sites for hydroxylation is 1. The van der Waals surface area contributed by atoms with E-state index in [1.807, 2.05) is 17.4 Å². The summed E-state index contributed by atoms with van der Waals surface area (Å²) in [6.07, 6.45) is 4.48. The molecule has 120 valence electrons. The number of hydrogen-bond donors (Lipinski definition) is 1. The molecule has 0 spiro atoms. The summed E-state index contributed by atoms with van der Waals surface area (Å²) in [6, 6.07) is 14.6. The zero-order valence-corrected chi connectivity index (χ0v) is 17.3. The first-order valence-corrected chi connectivity index (χ1v) is 12.1. The molecule has 0 fully saturated rings. The summed E-state index contributed by atoms with van der Waals surface area (Å²) in [5.74, 6) is 0.344. The summed E-state index contributed by atoms with van der Waals surface area (Å²) in [4.78, 5) is 4.95. The summed E-state index contributed by atoms with van der Waals surface area (Å²) >= 11 is 2.66. The minimum absolute atomic E-state index is 0.302. The predicted octanol–water partition coefficient (Wildman–Crippen LogP) is 3.87. The molecule has 0 radical (unpaired) electrons. The fourth-order valence-corrected chi connectivity index (χ4v) is 7.71. The third-order valence-electron chi connectivity index (χ3n) is 3.81. The third kappa shape index (κ3) is 3.11. The maximum atomic E-state index is 9.76. The van der Waals surface area contributed by atoms with Gasteiger partial charge in [-0.3, -0.25) is 0 Å². The van der Waals surface area contributed by atoms with Crippen LogP contribution in [0.25, 0.3) is 31.2 Å². The van der Waals surface area contributed by atoms with Crippen LogP contribution < -0.4 is 4.57 Å². The Bertz CT molecular complexity index is 1010. The first-order valence-electron chi connectivity index (χ1n) is 7.72. The van der Waals surface area contributed by atoms with Crippen LogP contribution in [0.15, 0.2) is 47.4 Å². The van der Waals surface area contributed by atoms with E-state index in [1.165, 1.54) is 23.0 Å². The van der Waals surface area contributed by atoms with Crippen molar-refractivity contribution in [3.05, 3.63) is 56.8 Å². The van der Waals surface area contributed by atoms with Crippen molar-refractivity contribution in [2.45, 2.75) is 13.5 Å². The van der Waals surface area contributed by atoms with Gasteiger partial charge in [-0.25, -0.2) is 0 Å². The molecule has 0 aliphatic heterocycles. The van der Waals surface area contributed by atoms with Crippen LogP contribution in [0.1, 0.15) is 16.4 Å². The van der Waals surface area contributed by atoms with E-state index in [1.54, 1.807) is 6.07 Å². The fraction of sp³-hybridized carbons (Fsp3) is 0.105. The molecule has 1 N–H and O–H groups in total. The van der Waals surface area contributed by atoms with Crippen LogP contribution in [0.4, 0.5) is 0 Å². The van der Waals surface area contributed by atoms with Crippen LogP contribution in [-0.2, 0) is 6.54 Å². The van der Waals surface area contributed by atoms with Gasteiger partial charge in [-0.15, -0.1) is 0 Å². The molecule has 0 saturated carbocycles. The molecule has 0 unspecified atom stereocenters.